The maximum absolute atomic E-state index is 5.19. The lowest BCUT2D eigenvalue weighted by atomic mass is 10.3. The van der Waals surface area contributed by atoms with Gasteiger partial charge in [0.25, 0.3) is 0 Å². The summed E-state index contributed by atoms with van der Waals surface area (Å²) in [5.41, 5.74) is 0. The van der Waals surface area contributed by atoms with Gasteiger partial charge >= 0.3 is 0 Å². The summed E-state index contributed by atoms with van der Waals surface area (Å²) in [5.74, 6) is 0. The fraction of sp³-hybridized carbons (Fsp3) is 0.600. The Morgan fingerprint density at radius 3 is 2.42 bits per heavy atom. The summed E-state index contributed by atoms with van der Waals surface area (Å²) in [6.45, 7) is 7.05. The average molecular weight is 170 g/mol. The SMILES string of the molecule is C=COCCCCOC=CCC. The van der Waals surface area contributed by atoms with Crippen LogP contribution in [0.15, 0.2) is 25.2 Å². The molecule has 0 unspecified atom stereocenters. The number of allylic oxidation sites excluding steroid dienone is 1. The van der Waals surface area contributed by atoms with E-state index in [0.717, 1.165) is 32.5 Å². The number of unbranched alkanes of at least 4 members (excludes halogenated alkanes) is 1. The molecular weight excluding hydrogens is 152 g/mol. The molecule has 70 valence electrons. The highest BCUT2D eigenvalue weighted by molar-refractivity contribution is 4.70. The Kier molecular flexibility index (Phi) is 9.31. The molecule has 0 N–H and O–H groups in total. The summed E-state index contributed by atoms with van der Waals surface area (Å²) in [7, 11) is 0. The van der Waals surface area contributed by atoms with Gasteiger partial charge in [-0.2, -0.15) is 0 Å². The minimum Gasteiger partial charge on any atom is -0.502 e. The monoisotopic (exact) mass is 170 g/mol. The van der Waals surface area contributed by atoms with E-state index in [-0.39, 0.29) is 0 Å². The van der Waals surface area contributed by atoms with Crippen LogP contribution in [0.5, 0.6) is 0 Å². The summed E-state index contributed by atoms with van der Waals surface area (Å²) in [5, 5.41) is 0. The fourth-order valence-corrected chi connectivity index (χ4v) is 0.686. The highest BCUT2D eigenvalue weighted by Crippen LogP contribution is 1.92. The van der Waals surface area contributed by atoms with Crippen LogP contribution in [0.2, 0.25) is 0 Å². The van der Waals surface area contributed by atoms with E-state index in [0.29, 0.717) is 0 Å². The van der Waals surface area contributed by atoms with Crippen LogP contribution in [0.3, 0.4) is 0 Å². The third kappa shape index (κ3) is 9.08. The van der Waals surface area contributed by atoms with E-state index in [1.54, 1.807) is 6.26 Å². The van der Waals surface area contributed by atoms with Gasteiger partial charge in [0.05, 0.1) is 25.7 Å². The van der Waals surface area contributed by atoms with Crippen LogP contribution in [0.4, 0.5) is 0 Å². The quantitative estimate of drug-likeness (QED) is 0.412. The zero-order chi connectivity index (χ0) is 9.07. The molecule has 0 rings (SSSR count). The van der Waals surface area contributed by atoms with Crippen LogP contribution in [0.25, 0.3) is 0 Å². The summed E-state index contributed by atoms with van der Waals surface area (Å²) < 4.78 is 10.1. The molecule has 0 aromatic heterocycles. The smallest absolute Gasteiger partial charge is 0.0874 e. The fourth-order valence-electron chi connectivity index (χ4n) is 0.686. The van der Waals surface area contributed by atoms with Crippen molar-refractivity contribution in [2.45, 2.75) is 26.2 Å². The van der Waals surface area contributed by atoms with Crippen molar-refractivity contribution in [3.05, 3.63) is 25.2 Å². The third-order valence-electron chi connectivity index (χ3n) is 1.32. The normalized spacial score (nSPS) is 10.1. The number of rotatable bonds is 8. The molecule has 0 aliphatic carbocycles. The van der Waals surface area contributed by atoms with Gasteiger partial charge in [-0.1, -0.05) is 19.6 Å². The van der Waals surface area contributed by atoms with Gasteiger partial charge in [0, 0.05) is 0 Å². The first kappa shape index (κ1) is 11.1. The Hall–Kier alpha value is -0.920. The van der Waals surface area contributed by atoms with Gasteiger partial charge in [0.1, 0.15) is 0 Å². The molecule has 2 heteroatoms. The highest BCUT2D eigenvalue weighted by atomic mass is 16.5. The molecule has 0 atom stereocenters. The van der Waals surface area contributed by atoms with Gasteiger partial charge in [-0.05, 0) is 19.3 Å². The zero-order valence-electron chi connectivity index (χ0n) is 7.79. The van der Waals surface area contributed by atoms with Crippen molar-refractivity contribution >= 4 is 0 Å². The van der Waals surface area contributed by atoms with E-state index >= 15 is 0 Å². The van der Waals surface area contributed by atoms with Crippen molar-refractivity contribution in [3.8, 4) is 0 Å². The van der Waals surface area contributed by atoms with Crippen molar-refractivity contribution in [1.29, 1.82) is 0 Å². The molecule has 0 spiro atoms. The summed E-state index contributed by atoms with van der Waals surface area (Å²) >= 11 is 0. The first-order chi connectivity index (χ1) is 5.91. The van der Waals surface area contributed by atoms with Crippen LogP contribution >= 0.6 is 0 Å². The molecule has 0 saturated carbocycles. The summed E-state index contributed by atoms with van der Waals surface area (Å²) in [6, 6.07) is 0. The van der Waals surface area contributed by atoms with Gasteiger partial charge in [0.15, 0.2) is 0 Å². The van der Waals surface area contributed by atoms with Gasteiger partial charge in [-0.25, -0.2) is 0 Å². The van der Waals surface area contributed by atoms with Crippen LogP contribution in [0, 0.1) is 0 Å². The second kappa shape index (κ2) is 10.1. The Labute approximate surface area is 74.9 Å². The summed E-state index contributed by atoms with van der Waals surface area (Å²) in [4.78, 5) is 0. The van der Waals surface area contributed by atoms with Gasteiger partial charge < -0.3 is 9.47 Å². The van der Waals surface area contributed by atoms with Crippen LogP contribution in [-0.2, 0) is 9.47 Å². The molecule has 0 bridgehead atoms. The molecular formula is C10H18O2. The standard InChI is InChI=1S/C10H18O2/c1-3-5-8-12-10-7-6-9-11-4-2/h4-5,8H,2-3,6-7,9-10H2,1H3. The van der Waals surface area contributed by atoms with E-state index in [9.17, 15) is 0 Å². The molecule has 0 heterocycles. The van der Waals surface area contributed by atoms with Gasteiger partial charge in [0.2, 0.25) is 0 Å². The third-order valence-corrected chi connectivity index (χ3v) is 1.32. The lowest BCUT2D eigenvalue weighted by molar-refractivity contribution is 0.205. The molecule has 12 heavy (non-hydrogen) atoms. The molecule has 0 amide bonds. The molecule has 0 aliphatic heterocycles. The Morgan fingerprint density at radius 2 is 1.83 bits per heavy atom. The van der Waals surface area contributed by atoms with E-state index in [4.69, 9.17) is 9.47 Å². The number of ether oxygens (including phenoxy) is 2. The minimum absolute atomic E-state index is 0.740. The Bertz CT molecular complexity index is 119. The Morgan fingerprint density at radius 1 is 1.17 bits per heavy atom. The first-order valence-corrected chi connectivity index (χ1v) is 4.41. The molecule has 0 fully saturated rings. The zero-order valence-corrected chi connectivity index (χ0v) is 7.79. The van der Waals surface area contributed by atoms with Gasteiger partial charge in [-0.15, -0.1) is 0 Å². The predicted molar refractivity (Wildman–Crippen MR) is 50.8 cm³/mol. The number of hydrogen-bond acceptors (Lipinski definition) is 2. The van der Waals surface area contributed by atoms with Crippen molar-refractivity contribution in [3.63, 3.8) is 0 Å². The predicted octanol–water partition coefficient (Wildman–Crippen LogP) is 2.87. The average Bonchev–Trinajstić information content (AvgIpc) is 2.10. The lowest BCUT2D eigenvalue weighted by Gasteiger charge is -2.00. The van der Waals surface area contributed by atoms with E-state index in [1.165, 1.54) is 6.26 Å². The molecule has 0 saturated heterocycles. The molecule has 0 aromatic carbocycles. The highest BCUT2D eigenvalue weighted by Gasteiger charge is 1.86. The van der Waals surface area contributed by atoms with Crippen LogP contribution in [0.1, 0.15) is 26.2 Å². The second-order valence-corrected chi connectivity index (χ2v) is 2.40. The lowest BCUT2D eigenvalue weighted by Crippen LogP contribution is -1.92. The Balaban J connectivity index is 2.90. The van der Waals surface area contributed by atoms with E-state index in [2.05, 4.69) is 13.5 Å². The van der Waals surface area contributed by atoms with Crippen molar-refractivity contribution in [2.24, 2.45) is 0 Å². The molecule has 0 aromatic rings. The van der Waals surface area contributed by atoms with E-state index in [1.807, 2.05) is 6.08 Å². The van der Waals surface area contributed by atoms with Crippen molar-refractivity contribution < 1.29 is 9.47 Å². The molecule has 2 nitrogen and oxygen atoms in total. The van der Waals surface area contributed by atoms with Crippen molar-refractivity contribution in [1.82, 2.24) is 0 Å². The van der Waals surface area contributed by atoms with Gasteiger partial charge in [-0.3, -0.25) is 0 Å². The second-order valence-electron chi connectivity index (χ2n) is 2.40. The maximum Gasteiger partial charge on any atom is 0.0874 e. The molecule has 0 aliphatic rings. The number of hydrogen-bond donors (Lipinski definition) is 0. The minimum atomic E-state index is 0.740. The largest absolute Gasteiger partial charge is 0.502 e. The van der Waals surface area contributed by atoms with E-state index < -0.39 is 0 Å². The van der Waals surface area contributed by atoms with Crippen LogP contribution < -0.4 is 0 Å². The van der Waals surface area contributed by atoms with Crippen LogP contribution in [-0.4, -0.2) is 13.2 Å². The molecule has 0 radical (unpaired) electrons. The topological polar surface area (TPSA) is 18.5 Å². The first-order valence-electron chi connectivity index (χ1n) is 4.41. The maximum atomic E-state index is 5.19. The van der Waals surface area contributed by atoms with Crippen molar-refractivity contribution in [2.75, 3.05) is 13.2 Å². The summed E-state index contributed by atoms with van der Waals surface area (Å²) in [6.07, 6.45) is 8.31.